The van der Waals surface area contributed by atoms with E-state index >= 15 is 0 Å². The van der Waals surface area contributed by atoms with E-state index in [0.717, 1.165) is 58.1 Å². The third-order valence-electron chi connectivity index (χ3n) is 6.40. The van der Waals surface area contributed by atoms with Crippen LogP contribution in [0.2, 0.25) is 0 Å². The van der Waals surface area contributed by atoms with Crippen molar-refractivity contribution in [1.82, 2.24) is 20.0 Å². The van der Waals surface area contributed by atoms with E-state index in [-0.39, 0.29) is 11.9 Å². The number of nitrogens with one attached hydrogen (secondary N) is 1. The third kappa shape index (κ3) is 7.48. The highest BCUT2D eigenvalue weighted by Gasteiger charge is 2.27. The minimum absolute atomic E-state index is 0.0196. The van der Waals surface area contributed by atoms with Gasteiger partial charge in [-0.15, -0.1) is 0 Å². The highest BCUT2D eigenvalue weighted by Crippen LogP contribution is 2.19. The lowest BCUT2D eigenvalue weighted by Gasteiger charge is -2.33. The van der Waals surface area contributed by atoms with E-state index in [1.54, 1.807) is 0 Å². The van der Waals surface area contributed by atoms with Gasteiger partial charge in [0.1, 0.15) is 0 Å². The number of piperidine rings is 1. The molecule has 2 saturated heterocycles. The molecule has 0 unspecified atom stereocenters. The molecule has 0 aromatic heterocycles. The first-order chi connectivity index (χ1) is 15.6. The van der Waals surface area contributed by atoms with Gasteiger partial charge in [-0.1, -0.05) is 24.3 Å². The zero-order valence-corrected chi connectivity index (χ0v) is 20.2. The van der Waals surface area contributed by atoms with E-state index in [4.69, 9.17) is 9.73 Å². The van der Waals surface area contributed by atoms with E-state index < -0.39 is 0 Å². The SMILES string of the molecule is CCNC(=NCc1ccc(CN2CCCN(C)CC2)cc1)N1CCC(C(=O)OCC)CC1. The normalized spacial score (nSPS) is 19.6. The number of hydrogen-bond acceptors (Lipinski definition) is 5. The molecule has 0 atom stereocenters. The number of carbonyl (C=O) groups excluding carboxylic acids is 1. The summed E-state index contributed by atoms with van der Waals surface area (Å²) in [4.78, 5) is 24.1. The predicted octanol–water partition coefficient (Wildman–Crippen LogP) is 2.56. The number of guanidine groups is 1. The topological polar surface area (TPSA) is 60.4 Å². The fourth-order valence-corrected chi connectivity index (χ4v) is 4.45. The lowest BCUT2D eigenvalue weighted by Crippen LogP contribution is -2.46. The molecule has 0 spiro atoms. The van der Waals surface area contributed by atoms with Crippen LogP contribution in [0.3, 0.4) is 0 Å². The number of likely N-dealkylation sites (N-methyl/N-ethyl adjacent to an activating group) is 1. The fraction of sp³-hybridized carbons (Fsp3) is 0.680. The van der Waals surface area contributed by atoms with Crippen molar-refractivity contribution in [3.8, 4) is 0 Å². The second-order valence-electron chi connectivity index (χ2n) is 8.93. The molecule has 0 amide bonds. The van der Waals surface area contributed by atoms with Crippen molar-refractivity contribution in [1.29, 1.82) is 0 Å². The van der Waals surface area contributed by atoms with Crippen molar-refractivity contribution < 1.29 is 9.53 Å². The van der Waals surface area contributed by atoms with Crippen LogP contribution in [0.25, 0.3) is 0 Å². The van der Waals surface area contributed by atoms with Crippen LogP contribution in [0, 0.1) is 5.92 Å². The summed E-state index contributed by atoms with van der Waals surface area (Å²) < 4.78 is 5.19. The van der Waals surface area contributed by atoms with Gasteiger partial charge in [-0.2, -0.15) is 0 Å². The predicted molar refractivity (Wildman–Crippen MR) is 130 cm³/mol. The zero-order valence-electron chi connectivity index (χ0n) is 20.2. The number of benzene rings is 1. The van der Waals surface area contributed by atoms with Gasteiger partial charge >= 0.3 is 5.97 Å². The maximum absolute atomic E-state index is 12.0. The van der Waals surface area contributed by atoms with Gasteiger partial charge in [0.2, 0.25) is 0 Å². The molecule has 0 bridgehead atoms. The number of carbonyl (C=O) groups is 1. The summed E-state index contributed by atoms with van der Waals surface area (Å²) in [7, 11) is 2.21. The maximum atomic E-state index is 12.0. The Morgan fingerprint density at radius 2 is 1.75 bits per heavy atom. The first-order valence-electron chi connectivity index (χ1n) is 12.3. The van der Waals surface area contributed by atoms with Crippen molar-refractivity contribution in [2.45, 2.75) is 46.2 Å². The molecule has 7 nitrogen and oxygen atoms in total. The van der Waals surface area contributed by atoms with E-state index in [9.17, 15) is 4.79 Å². The Balaban J connectivity index is 1.52. The van der Waals surface area contributed by atoms with Crippen molar-refractivity contribution in [3.63, 3.8) is 0 Å². The highest BCUT2D eigenvalue weighted by molar-refractivity contribution is 5.80. The van der Waals surface area contributed by atoms with Gasteiger partial charge in [0.05, 0.1) is 19.1 Å². The lowest BCUT2D eigenvalue weighted by molar-refractivity contribution is -0.149. The van der Waals surface area contributed by atoms with Gasteiger partial charge < -0.3 is 19.9 Å². The molecule has 0 saturated carbocycles. The van der Waals surface area contributed by atoms with Gasteiger partial charge in [-0.05, 0) is 64.4 Å². The molecule has 32 heavy (non-hydrogen) atoms. The van der Waals surface area contributed by atoms with Crippen LogP contribution in [0.4, 0.5) is 0 Å². The van der Waals surface area contributed by atoms with E-state index in [1.165, 1.54) is 30.6 Å². The number of nitrogens with zero attached hydrogens (tertiary/aromatic N) is 4. The van der Waals surface area contributed by atoms with Crippen molar-refractivity contribution in [2.75, 3.05) is 59.5 Å². The summed E-state index contributed by atoms with van der Waals surface area (Å²) in [6, 6.07) is 8.91. The summed E-state index contributed by atoms with van der Waals surface area (Å²) in [6.07, 6.45) is 2.89. The van der Waals surface area contributed by atoms with Gasteiger partial charge in [0, 0.05) is 39.3 Å². The molecule has 3 rings (SSSR count). The van der Waals surface area contributed by atoms with Gasteiger partial charge in [-0.3, -0.25) is 9.69 Å². The minimum Gasteiger partial charge on any atom is -0.466 e. The average molecular weight is 444 g/mol. The Kier molecular flexibility index (Phi) is 9.81. The highest BCUT2D eigenvalue weighted by atomic mass is 16.5. The summed E-state index contributed by atoms with van der Waals surface area (Å²) in [5, 5.41) is 3.42. The maximum Gasteiger partial charge on any atom is 0.309 e. The second kappa shape index (κ2) is 12.8. The largest absolute Gasteiger partial charge is 0.466 e. The van der Waals surface area contributed by atoms with Crippen molar-refractivity contribution in [3.05, 3.63) is 35.4 Å². The first kappa shape index (κ1) is 24.5. The summed E-state index contributed by atoms with van der Waals surface area (Å²) in [5.74, 6) is 0.903. The zero-order chi connectivity index (χ0) is 22.8. The smallest absolute Gasteiger partial charge is 0.309 e. The molecule has 2 aliphatic heterocycles. The quantitative estimate of drug-likeness (QED) is 0.397. The molecule has 7 heteroatoms. The number of hydrogen-bond donors (Lipinski definition) is 1. The van der Waals surface area contributed by atoms with Crippen LogP contribution in [-0.4, -0.2) is 86.1 Å². The molecule has 1 aromatic carbocycles. The summed E-state index contributed by atoms with van der Waals surface area (Å²) >= 11 is 0. The molecule has 2 fully saturated rings. The van der Waals surface area contributed by atoms with Crippen LogP contribution >= 0.6 is 0 Å². The number of ether oxygens (including phenoxy) is 1. The van der Waals surface area contributed by atoms with E-state index in [0.29, 0.717) is 13.2 Å². The monoisotopic (exact) mass is 443 g/mol. The van der Waals surface area contributed by atoms with E-state index in [1.807, 2.05) is 6.92 Å². The lowest BCUT2D eigenvalue weighted by atomic mass is 9.97. The molecule has 2 aliphatic rings. The van der Waals surface area contributed by atoms with Crippen molar-refractivity contribution >= 4 is 11.9 Å². The standard InChI is InChI=1S/C25H41N5O2/c1-4-26-25(30-15-11-23(12-16-30)24(31)32-5-2)27-19-21-7-9-22(10-8-21)20-29-14-6-13-28(3)17-18-29/h7-10,23H,4-6,11-20H2,1-3H3,(H,26,27). The number of likely N-dealkylation sites (tertiary alicyclic amines) is 1. The van der Waals surface area contributed by atoms with E-state index in [2.05, 4.69) is 58.3 Å². The Hall–Kier alpha value is -2.12. The molecule has 0 radical (unpaired) electrons. The molecule has 2 heterocycles. The molecule has 178 valence electrons. The van der Waals surface area contributed by atoms with Crippen LogP contribution in [0.15, 0.2) is 29.3 Å². The molecular formula is C25H41N5O2. The molecular weight excluding hydrogens is 402 g/mol. The molecule has 0 aliphatic carbocycles. The second-order valence-corrected chi connectivity index (χ2v) is 8.93. The number of rotatable bonds is 7. The third-order valence-corrected chi connectivity index (χ3v) is 6.40. The van der Waals surface area contributed by atoms with Crippen LogP contribution in [-0.2, 0) is 22.6 Å². The van der Waals surface area contributed by atoms with Crippen LogP contribution in [0.5, 0.6) is 0 Å². The van der Waals surface area contributed by atoms with Crippen molar-refractivity contribution in [2.24, 2.45) is 10.9 Å². The Labute approximate surface area is 193 Å². The van der Waals surface area contributed by atoms with Crippen LogP contribution < -0.4 is 5.32 Å². The Morgan fingerprint density at radius 3 is 2.44 bits per heavy atom. The van der Waals surface area contributed by atoms with Crippen LogP contribution in [0.1, 0.15) is 44.2 Å². The summed E-state index contributed by atoms with van der Waals surface area (Å²) in [6.45, 7) is 13.3. The first-order valence-corrected chi connectivity index (χ1v) is 12.3. The van der Waals surface area contributed by atoms with Gasteiger partial charge in [0.15, 0.2) is 5.96 Å². The number of aliphatic imine (C=N–C) groups is 1. The molecule has 1 N–H and O–H groups in total. The van der Waals surface area contributed by atoms with Gasteiger partial charge in [0.25, 0.3) is 0 Å². The molecule has 1 aromatic rings. The average Bonchev–Trinajstić information content (AvgIpc) is 3.02. The Bertz CT molecular complexity index is 728. The Morgan fingerprint density at radius 1 is 1.03 bits per heavy atom. The minimum atomic E-state index is -0.0543. The fourth-order valence-electron chi connectivity index (χ4n) is 4.45. The summed E-state index contributed by atoms with van der Waals surface area (Å²) in [5.41, 5.74) is 2.59. The number of esters is 1. The van der Waals surface area contributed by atoms with Gasteiger partial charge in [-0.25, -0.2) is 4.99 Å².